The van der Waals surface area contributed by atoms with Gasteiger partial charge in [-0.25, -0.2) is 14.3 Å². The Kier molecular flexibility index (Phi) is 7.42. The summed E-state index contributed by atoms with van der Waals surface area (Å²) in [6.45, 7) is 1.56. The SMILES string of the molecule is COC(=O)Cc1[nH]n(-c2ccccc2)c(=O)c1C(C)=Nc1cc(C(=O)OC)ccc1C(=O)OC. The molecule has 10 nitrogen and oxygen atoms in total. The van der Waals surface area contributed by atoms with E-state index in [0.717, 1.165) is 0 Å². The van der Waals surface area contributed by atoms with E-state index in [-0.39, 0.29) is 40.2 Å². The third-order valence-electron chi connectivity index (χ3n) is 5.00. The molecule has 2 aromatic carbocycles. The monoisotopic (exact) mass is 465 g/mol. The number of nitrogens with zero attached hydrogens (tertiary/aromatic N) is 2. The van der Waals surface area contributed by atoms with Gasteiger partial charge in [-0.15, -0.1) is 0 Å². The summed E-state index contributed by atoms with van der Waals surface area (Å²) in [5, 5.41) is 2.94. The molecule has 0 spiro atoms. The van der Waals surface area contributed by atoms with E-state index < -0.39 is 23.5 Å². The van der Waals surface area contributed by atoms with Crippen LogP contribution in [-0.4, -0.2) is 54.7 Å². The van der Waals surface area contributed by atoms with Crippen molar-refractivity contribution in [2.24, 2.45) is 4.99 Å². The van der Waals surface area contributed by atoms with Gasteiger partial charge in [0.05, 0.1) is 67.2 Å². The number of carbonyl (C=O) groups is 3. The van der Waals surface area contributed by atoms with Crippen LogP contribution in [-0.2, 0) is 25.4 Å². The zero-order valence-corrected chi connectivity index (χ0v) is 19.1. The first-order valence-corrected chi connectivity index (χ1v) is 10.1. The second-order valence-electron chi connectivity index (χ2n) is 7.11. The molecule has 0 atom stereocenters. The van der Waals surface area contributed by atoms with E-state index in [4.69, 9.17) is 14.2 Å². The van der Waals surface area contributed by atoms with Gasteiger partial charge < -0.3 is 14.2 Å². The van der Waals surface area contributed by atoms with Gasteiger partial charge in [-0.2, -0.15) is 0 Å². The maximum absolute atomic E-state index is 13.3. The molecule has 1 heterocycles. The summed E-state index contributed by atoms with van der Waals surface area (Å²) < 4.78 is 15.6. The Bertz CT molecular complexity index is 1320. The number of hydrogen-bond acceptors (Lipinski definition) is 8. The minimum atomic E-state index is -0.673. The lowest BCUT2D eigenvalue weighted by Crippen LogP contribution is -2.20. The fourth-order valence-electron chi connectivity index (χ4n) is 3.35. The van der Waals surface area contributed by atoms with Crippen LogP contribution in [0.4, 0.5) is 5.69 Å². The van der Waals surface area contributed by atoms with Crippen molar-refractivity contribution >= 4 is 29.3 Å². The first-order valence-electron chi connectivity index (χ1n) is 10.1. The van der Waals surface area contributed by atoms with E-state index in [1.807, 2.05) is 6.07 Å². The highest BCUT2D eigenvalue weighted by molar-refractivity contribution is 6.04. The van der Waals surface area contributed by atoms with Crippen LogP contribution in [0.15, 0.2) is 58.3 Å². The van der Waals surface area contributed by atoms with Crippen molar-refractivity contribution in [1.82, 2.24) is 9.78 Å². The van der Waals surface area contributed by atoms with Crippen LogP contribution in [0.1, 0.15) is 38.9 Å². The molecule has 0 bridgehead atoms. The molecular weight excluding hydrogens is 442 g/mol. The number of hydrogen-bond donors (Lipinski definition) is 1. The molecule has 0 saturated carbocycles. The Morgan fingerprint density at radius 3 is 2.24 bits per heavy atom. The Morgan fingerprint density at radius 1 is 0.941 bits per heavy atom. The van der Waals surface area contributed by atoms with Crippen molar-refractivity contribution in [3.05, 3.63) is 81.3 Å². The van der Waals surface area contributed by atoms with Gasteiger partial charge in [-0.3, -0.25) is 19.7 Å². The number of carbonyl (C=O) groups excluding carboxylic acids is 3. The molecule has 34 heavy (non-hydrogen) atoms. The summed E-state index contributed by atoms with van der Waals surface area (Å²) in [5.74, 6) is -1.85. The fraction of sp³-hybridized carbons (Fsp3) is 0.208. The summed E-state index contributed by atoms with van der Waals surface area (Å²) in [6.07, 6.45) is -0.209. The molecule has 0 aliphatic carbocycles. The van der Waals surface area contributed by atoms with Crippen molar-refractivity contribution in [2.75, 3.05) is 21.3 Å². The molecule has 1 N–H and O–H groups in total. The smallest absolute Gasteiger partial charge is 0.340 e. The number of para-hydroxylation sites is 1. The van der Waals surface area contributed by atoms with Gasteiger partial charge in [0.25, 0.3) is 5.56 Å². The number of aromatic nitrogens is 2. The number of esters is 3. The van der Waals surface area contributed by atoms with Gasteiger partial charge in [0, 0.05) is 0 Å². The van der Waals surface area contributed by atoms with Gasteiger partial charge in [0.2, 0.25) is 0 Å². The largest absolute Gasteiger partial charge is 0.469 e. The number of benzene rings is 2. The summed E-state index contributed by atoms with van der Waals surface area (Å²) >= 11 is 0. The standard InChI is InChI=1S/C24H23N3O7/c1-14(25-18-12-15(23(30)33-3)10-11-17(18)24(31)34-4)21-19(13-20(28)32-2)26-27(22(21)29)16-8-6-5-7-9-16/h5-12,26H,13H2,1-4H3. The molecule has 3 rings (SSSR count). The summed E-state index contributed by atoms with van der Waals surface area (Å²) in [7, 11) is 3.70. The number of rotatable bonds is 7. The Morgan fingerprint density at radius 2 is 1.62 bits per heavy atom. The summed E-state index contributed by atoms with van der Waals surface area (Å²) in [4.78, 5) is 54.0. The molecule has 3 aromatic rings. The topological polar surface area (TPSA) is 129 Å². The second kappa shape index (κ2) is 10.4. The van der Waals surface area contributed by atoms with Crippen LogP contribution in [0, 0.1) is 0 Å². The van der Waals surface area contributed by atoms with Crippen LogP contribution in [0.25, 0.3) is 5.69 Å². The first-order chi connectivity index (χ1) is 16.3. The number of ether oxygens (including phenoxy) is 3. The molecule has 0 aliphatic rings. The summed E-state index contributed by atoms with van der Waals surface area (Å²) in [6, 6.07) is 13.0. The maximum Gasteiger partial charge on any atom is 0.340 e. The predicted molar refractivity (Wildman–Crippen MR) is 123 cm³/mol. The highest BCUT2D eigenvalue weighted by Gasteiger charge is 2.22. The molecule has 0 unspecified atom stereocenters. The van der Waals surface area contributed by atoms with Crippen LogP contribution >= 0.6 is 0 Å². The van der Waals surface area contributed by atoms with Gasteiger partial charge in [0.15, 0.2) is 0 Å². The Labute approximate surface area is 194 Å². The minimum Gasteiger partial charge on any atom is -0.469 e. The molecule has 10 heteroatoms. The van der Waals surface area contributed by atoms with E-state index in [9.17, 15) is 19.2 Å². The Balaban J connectivity index is 2.21. The number of aliphatic imine (C=N–C) groups is 1. The van der Waals surface area contributed by atoms with E-state index in [0.29, 0.717) is 5.69 Å². The fourth-order valence-corrected chi connectivity index (χ4v) is 3.35. The molecule has 0 fully saturated rings. The van der Waals surface area contributed by atoms with E-state index in [2.05, 4.69) is 10.1 Å². The Hall–Kier alpha value is -4.47. The van der Waals surface area contributed by atoms with Gasteiger partial charge in [-0.05, 0) is 37.3 Å². The van der Waals surface area contributed by atoms with Crippen LogP contribution in [0.3, 0.4) is 0 Å². The second-order valence-corrected chi connectivity index (χ2v) is 7.11. The molecule has 0 aliphatic heterocycles. The van der Waals surface area contributed by atoms with Crippen molar-refractivity contribution in [3.63, 3.8) is 0 Å². The summed E-state index contributed by atoms with van der Waals surface area (Å²) in [5.41, 5.74) is 1.08. The molecule has 0 radical (unpaired) electrons. The lowest BCUT2D eigenvalue weighted by Gasteiger charge is -2.08. The highest BCUT2D eigenvalue weighted by atomic mass is 16.5. The normalized spacial score (nSPS) is 11.1. The third kappa shape index (κ3) is 4.96. The van der Waals surface area contributed by atoms with Gasteiger partial charge in [0.1, 0.15) is 0 Å². The van der Waals surface area contributed by atoms with Crippen molar-refractivity contribution in [2.45, 2.75) is 13.3 Å². The molecule has 176 valence electrons. The number of H-pyrrole nitrogens is 1. The zero-order valence-electron chi connectivity index (χ0n) is 19.1. The lowest BCUT2D eigenvalue weighted by molar-refractivity contribution is -0.139. The van der Waals surface area contributed by atoms with Crippen molar-refractivity contribution < 1.29 is 28.6 Å². The maximum atomic E-state index is 13.3. The van der Waals surface area contributed by atoms with Gasteiger partial charge >= 0.3 is 17.9 Å². The molecule has 0 amide bonds. The van der Waals surface area contributed by atoms with Crippen molar-refractivity contribution in [1.29, 1.82) is 0 Å². The lowest BCUT2D eigenvalue weighted by atomic mass is 10.1. The van der Waals surface area contributed by atoms with Crippen LogP contribution in [0.5, 0.6) is 0 Å². The number of aromatic amines is 1. The quantitative estimate of drug-likeness (QED) is 0.323. The first kappa shape index (κ1) is 24.2. The predicted octanol–water partition coefficient (Wildman–Crippen LogP) is 2.60. The molecule has 0 saturated heterocycles. The van der Waals surface area contributed by atoms with E-state index in [1.54, 1.807) is 31.2 Å². The van der Waals surface area contributed by atoms with E-state index in [1.165, 1.54) is 44.2 Å². The van der Waals surface area contributed by atoms with E-state index >= 15 is 0 Å². The van der Waals surface area contributed by atoms with Gasteiger partial charge in [-0.1, -0.05) is 18.2 Å². The average Bonchev–Trinajstić information content (AvgIpc) is 3.18. The van der Waals surface area contributed by atoms with Crippen molar-refractivity contribution in [3.8, 4) is 5.69 Å². The third-order valence-corrected chi connectivity index (χ3v) is 5.00. The minimum absolute atomic E-state index is 0.0861. The molecule has 1 aromatic heterocycles. The number of nitrogens with one attached hydrogen (secondary N) is 1. The van der Waals surface area contributed by atoms with Crippen LogP contribution in [0.2, 0.25) is 0 Å². The zero-order chi connectivity index (χ0) is 24.8. The highest BCUT2D eigenvalue weighted by Crippen LogP contribution is 2.24. The van der Waals surface area contributed by atoms with Crippen LogP contribution < -0.4 is 5.56 Å². The number of methoxy groups -OCH3 is 3. The molecular formula is C24H23N3O7. The average molecular weight is 465 g/mol.